The van der Waals surface area contributed by atoms with Gasteiger partial charge in [0.2, 0.25) is 0 Å². The number of hydrogen-bond donors (Lipinski definition) is 0. The average Bonchev–Trinajstić information content (AvgIpc) is 2.81. The van der Waals surface area contributed by atoms with Crippen molar-refractivity contribution in [3.05, 3.63) is 64.7 Å². The molecule has 1 heterocycles. The number of nitrogens with zero attached hydrogens (tertiary/aromatic N) is 1. The van der Waals surface area contributed by atoms with Gasteiger partial charge >= 0.3 is 0 Å². The van der Waals surface area contributed by atoms with Crippen molar-refractivity contribution in [3.8, 4) is 0 Å². The molecule has 3 rings (SSSR count). The minimum absolute atomic E-state index is 0.124. The normalized spacial score (nSPS) is 10.8. The Morgan fingerprint density at radius 2 is 1.84 bits per heavy atom. The standard InChI is InChI=1S/C16H13NOS/c1-11-6-8-12(9-7-11)14(18)10-16-17-13-4-2-3-5-15(13)19-16/h2-9H,10H2,1H3. The fourth-order valence-electron chi connectivity index (χ4n) is 1.97. The number of ketones is 1. The first-order chi connectivity index (χ1) is 9.22. The van der Waals surface area contributed by atoms with E-state index < -0.39 is 0 Å². The van der Waals surface area contributed by atoms with Gasteiger partial charge in [-0.2, -0.15) is 0 Å². The third-order valence-corrected chi connectivity index (χ3v) is 4.06. The highest BCUT2D eigenvalue weighted by atomic mass is 32.1. The van der Waals surface area contributed by atoms with Gasteiger partial charge < -0.3 is 0 Å². The lowest BCUT2D eigenvalue weighted by Gasteiger charge is -1.99. The molecule has 94 valence electrons. The van der Waals surface area contributed by atoms with E-state index in [-0.39, 0.29) is 5.78 Å². The minimum atomic E-state index is 0.124. The van der Waals surface area contributed by atoms with Gasteiger partial charge in [-0.05, 0) is 19.1 Å². The molecule has 3 heteroatoms. The van der Waals surface area contributed by atoms with Crippen LogP contribution in [0.25, 0.3) is 10.2 Å². The summed E-state index contributed by atoms with van der Waals surface area (Å²) in [5.74, 6) is 0.124. The molecule has 0 spiro atoms. The predicted molar refractivity (Wildman–Crippen MR) is 78.8 cm³/mol. The predicted octanol–water partition coefficient (Wildman–Crippen LogP) is 4.03. The summed E-state index contributed by atoms with van der Waals surface area (Å²) in [6, 6.07) is 15.7. The Hall–Kier alpha value is -2.00. The first-order valence-corrected chi connectivity index (χ1v) is 6.98. The van der Waals surface area contributed by atoms with E-state index in [0.29, 0.717) is 6.42 Å². The fourth-order valence-corrected chi connectivity index (χ4v) is 2.94. The highest BCUT2D eigenvalue weighted by Gasteiger charge is 2.10. The molecule has 0 atom stereocenters. The molecule has 0 fully saturated rings. The molecule has 2 nitrogen and oxygen atoms in total. The maximum absolute atomic E-state index is 12.2. The number of thiazole rings is 1. The zero-order chi connectivity index (χ0) is 13.2. The first-order valence-electron chi connectivity index (χ1n) is 6.17. The molecule has 0 amide bonds. The van der Waals surface area contributed by atoms with E-state index in [9.17, 15) is 4.79 Å². The SMILES string of the molecule is Cc1ccc(C(=O)Cc2nc3ccccc3s2)cc1. The lowest BCUT2D eigenvalue weighted by molar-refractivity contribution is 0.0993. The molecule has 0 aliphatic carbocycles. The van der Waals surface area contributed by atoms with Gasteiger partial charge in [-0.1, -0.05) is 42.0 Å². The molecule has 19 heavy (non-hydrogen) atoms. The molecule has 0 unspecified atom stereocenters. The lowest BCUT2D eigenvalue weighted by atomic mass is 10.1. The molecular weight excluding hydrogens is 254 g/mol. The summed E-state index contributed by atoms with van der Waals surface area (Å²) < 4.78 is 1.13. The third-order valence-electron chi connectivity index (χ3n) is 3.02. The van der Waals surface area contributed by atoms with Crippen LogP contribution in [0, 0.1) is 6.92 Å². The van der Waals surface area contributed by atoms with Crippen LogP contribution in [0.3, 0.4) is 0 Å². The Morgan fingerprint density at radius 3 is 2.58 bits per heavy atom. The molecule has 0 saturated heterocycles. The van der Waals surface area contributed by atoms with Crippen LogP contribution < -0.4 is 0 Å². The number of hydrogen-bond acceptors (Lipinski definition) is 3. The fraction of sp³-hybridized carbons (Fsp3) is 0.125. The summed E-state index contributed by atoms with van der Waals surface area (Å²) in [5.41, 5.74) is 2.89. The molecule has 2 aromatic carbocycles. The highest BCUT2D eigenvalue weighted by Crippen LogP contribution is 2.22. The Balaban J connectivity index is 1.84. The van der Waals surface area contributed by atoms with Crippen molar-refractivity contribution in [2.75, 3.05) is 0 Å². The quantitative estimate of drug-likeness (QED) is 0.671. The van der Waals surface area contributed by atoms with Gasteiger partial charge in [0, 0.05) is 5.56 Å². The van der Waals surface area contributed by atoms with Crippen LogP contribution in [0.2, 0.25) is 0 Å². The van der Waals surface area contributed by atoms with E-state index in [2.05, 4.69) is 4.98 Å². The van der Waals surface area contributed by atoms with Crippen molar-refractivity contribution in [1.29, 1.82) is 0 Å². The number of carbonyl (C=O) groups excluding carboxylic acids is 1. The number of Topliss-reactive ketones (excluding diaryl/α,β-unsaturated/α-hetero) is 1. The summed E-state index contributed by atoms with van der Waals surface area (Å²) >= 11 is 1.59. The Bertz CT molecular complexity index is 695. The van der Waals surface area contributed by atoms with Crippen LogP contribution in [0.5, 0.6) is 0 Å². The van der Waals surface area contributed by atoms with Gasteiger partial charge in [-0.25, -0.2) is 4.98 Å². The van der Waals surface area contributed by atoms with Crippen molar-refractivity contribution in [1.82, 2.24) is 4.98 Å². The second kappa shape index (κ2) is 4.94. The molecular formula is C16H13NOS. The van der Waals surface area contributed by atoms with Crippen LogP contribution >= 0.6 is 11.3 Å². The van der Waals surface area contributed by atoms with Crippen LogP contribution in [-0.2, 0) is 6.42 Å². The molecule has 0 bridgehead atoms. The number of fused-ring (bicyclic) bond motifs is 1. The largest absolute Gasteiger partial charge is 0.294 e. The van der Waals surface area contributed by atoms with Gasteiger partial charge in [0.25, 0.3) is 0 Å². The highest BCUT2D eigenvalue weighted by molar-refractivity contribution is 7.18. The molecule has 3 aromatic rings. The van der Waals surface area contributed by atoms with Crippen molar-refractivity contribution >= 4 is 27.3 Å². The Labute approximate surface area is 115 Å². The van der Waals surface area contributed by atoms with Crippen LogP contribution in [0.1, 0.15) is 20.9 Å². The monoisotopic (exact) mass is 267 g/mol. The van der Waals surface area contributed by atoms with Gasteiger partial charge in [0.1, 0.15) is 5.01 Å². The molecule has 0 aliphatic rings. The second-order valence-electron chi connectivity index (χ2n) is 4.54. The van der Waals surface area contributed by atoms with E-state index in [1.165, 1.54) is 0 Å². The second-order valence-corrected chi connectivity index (χ2v) is 5.66. The average molecular weight is 267 g/mol. The van der Waals surface area contributed by atoms with Crippen molar-refractivity contribution in [3.63, 3.8) is 0 Å². The zero-order valence-corrected chi connectivity index (χ0v) is 11.4. The third kappa shape index (κ3) is 2.56. The maximum Gasteiger partial charge on any atom is 0.169 e. The van der Waals surface area contributed by atoms with E-state index in [1.807, 2.05) is 55.5 Å². The van der Waals surface area contributed by atoms with Gasteiger partial charge in [0.05, 0.1) is 16.6 Å². The first kappa shape index (κ1) is 12.1. The van der Waals surface area contributed by atoms with Crippen LogP contribution in [0.15, 0.2) is 48.5 Å². The number of benzene rings is 2. The molecule has 0 saturated carbocycles. The summed E-state index contributed by atoms with van der Waals surface area (Å²) in [4.78, 5) is 16.7. The number of carbonyl (C=O) groups is 1. The molecule has 1 aromatic heterocycles. The zero-order valence-electron chi connectivity index (χ0n) is 10.6. The van der Waals surface area contributed by atoms with Crippen LogP contribution in [-0.4, -0.2) is 10.8 Å². The van der Waals surface area contributed by atoms with E-state index >= 15 is 0 Å². The minimum Gasteiger partial charge on any atom is -0.294 e. The van der Waals surface area contributed by atoms with Crippen molar-refractivity contribution in [2.24, 2.45) is 0 Å². The maximum atomic E-state index is 12.2. The smallest absolute Gasteiger partial charge is 0.169 e. The number of rotatable bonds is 3. The summed E-state index contributed by atoms with van der Waals surface area (Å²) in [6.07, 6.45) is 0.377. The van der Waals surface area contributed by atoms with E-state index in [4.69, 9.17) is 0 Å². The van der Waals surface area contributed by atoms with Crippen LogP contribution in [0.4, 0.5) is 0 Å². The van der Waals surface area contributed by atoms with Gasteiger partial charge in [0.15, 0.2) is 5.78 Å². The van der Waals surface area contributed by atoms with Gasteiger partial charge in [-0.15, -0.1) is 11.3 Å². The molecule has 0 N–H and O–H groups in total. The number of aryl methyl sites for hydroxylation is 1. The topological polar surface area (TPSA) is 30.0 Å². The van der Waals surface area contributed by atoms with Crippen molar-refractivity contribution < 1.29 is 4.79 Å². The van der Waals surface area contributed by atoms with Crippen molar-refractivity contribution in [2.45, 2.75) is 13.3 Å². The number of aromatic nitrogens is 1. The number of para-hydroxylation sites is 1. The Kier molecular flexibility index (Phi) is 3.13. The van der Waals surface area contributed by atoms with E-state index in [1.54, 1.807) is 11.3 Å². The Morgan fingerprint density at radius 1 is 1.11 bits per heavy atom. The summed E-state index contributed by atoms with van der Waals surface area (Å²) in [7, 11) is 0. The lowest BCUT2D eigenvalue weighted by Crippen LogP contribution is -2.02. The summed E-state index contributed by atoms with van der Waals surface area (Å²) in [5, 5.41) is 0.881. The van der Waals surface area contributed by atoms with Gasteiger partial charge in [-0.3, -0.25) is 4.79 Å². The van der Waals surface area contributed by atoms with E-state index in [0.717, 1.165) is 26.4 Å². The summed E-state index contributed by atoms with van der Waals surface area (Å²) in [6.45, 7) is 2.02. The molecule has 0 radical (unpaired) electrons. The molecule has 0 aliphatic heterocycles.